The number of ether oxygens (including phenoxy) is 2. The van der Waals surface area contributed by atoms with Crippen molar-refractivity contribution in [2.45, 2.75) is 38.3 Å². The number of carbonyl (C=O) groups excluding carboxylic acids is 1. The van der Waals surface area contributed by atoms with Crippen molar-refractivity contribution in [1.82, 2.24) is 9.80 Å². The predicted molar refractivity (Wildman–Crippen MR) is 89.4 cm³/mol. The Kier molecular flexibility index (Phi) is 5.73. The van der Waals surface area contributed by atoms with E-state index in [1.165, 1.54) is 44.9 Å². The maximum absolute atomic E-state index is 12.8. The summed E-state index contributed by atoms with van der Waals surface area (Å²) in [5, 5.41) is 0. The maximum Gasteiger partial charge on any atom is 0.387 e. The molecule has 1 aliphatic heterocycles. The van der Waals surface area contributed by atoms with E-state index in [1.54, 1.807) is 11.0 Å². The summed E-state index contributed by atoms with van der Waals surface area (Å²) in [5.41, 5.74) is 0.119. The minimum atomic E-state index is -3.01. The number of halogens is 2. The largest absolute Gasteiger partial charge is 0.493 e. The smallest absolute Gasteiger partial charge is 0.387 e. The van der Waals surface area contributed by atoms with Gasteiger partial charge in [-0.3, -0.25) is 9.69 Å². The molecule has 3 rings (SSSR count). The molecular formula is C18H24F2N2O3. The number of piperazine rings is 1. The highest BCUT2D eigenvalue weighted by atomic mass is 19.3. The summed E-state index contributed by atoms with van der Waals surface area (Å²) in [6.45, 7) is -0.167. The van der Waals surface area contributed by atoms with Crippen LogP contribution in [0.2, 0.25) is 0 Å². The van der Waals surface area contributed by atoms with Crippen LogP contribution in [0, 0.1) is 0 Å². The van der Waals surface area contributed by atoms with Gasteiger partial charge in [-0.05, 0) is 25.0 Å². The monoisotopic (exact) mass is 354 g/mol. The van der Waals surface area contributed by atoms with E-state index in [9.17, 15) is 13.6 Å². The van der Waals surface area contributed by atoms with E-state index in [0.29, 0.717) is 19.1 Å². The van der Waals surface area contributed by atoms with Crippen LogP contribution in [0.3, 0.4) is 0 Å². The highest BCUT2D eigenvalue weighted by Crippen LogP contribution is 2.33. The van der Waals surface area contributed by atoms with Gasteiger partial charge in [-0.1, -0.05) is 18.9 Å². The van der Waals surface area contributed by atoms with Gasteiger partial charge in [-0.15, -0.1) is 0 Å². The SMILES string of the molecule is COc1cccc(C(=O)N2CCN(C3CCCC3)CC2)c1OC(F)F. The van der Waals surface area contributed by atoms with Crippen molar-refractivity contribution in [3.8, 4) is 11.5 Å². The zero-order valence-electron chi connectivity index (χ0n) is 14.4. The minimum absolute atomic E-state index is 0.119. The van der Waals surface area contributed by atoms with Crippen LogP contribution in [0.5, 0.6) is 11.5 Å². The molecule has 7 heteroatoms. The molecule has 1 heterocycles. The molecule has 1 saturated carbocycles. The predicted octanol–water partition coefficient (Wildman–Crippen LogP) is 3.00. The zero-order chi connectivity index (χ0) is 17.8. The van der Waals surface area contributed by atoms with Crippen LogP contribution in [0.1, 0.15) is 36.0 Å². The number of benzene rings is 1. The van der Waals surface area contributed by atoms with Crippen LogP contribution in [0.15, 0.2) is 18.2 Å². The van der Waals surface area contributed by atoms with E-state index in [2.05, 4.69) is 9.64 Å². The number of rotatable bonds is 5. The molecule has 25 heavy (non-hydrogen) atoms. The van der Waals surface area contributed by atoms with Gasteiger partial charge in [0.15, 0.2) is 11.5 Å². The molecule has 1 amide bonds. The van der Waals surface area contributed by atoms with Gasteiger partial charge in [0.25, 0.3) is 5.91 Å². The van der Waals surface area contributed by atoms with Crippen molar-refractivity contribution in [3.63, 3.8) is 0 Å². The molecule has 138 valence electrons. The van der Waals surface area contributed by atoms with Gasteiger partial charge in [0.2, 0.25) is 0 Å². The van der Waals surface area contributed by atoms with Gasteiger partial charge in [0.05, 0.1) is 12.7 Å². The number of methoxy groups -OCH3 is 1. The number of para-hydroxylation sites is 1. The first-order valence-corrected chi connectivity index (χ1v) is 8.75. The van der Waals surface area contributed by atoms with Crippen LogP contribution in [0.25, 0.3) is 0 Å². The second-order valence-electron chi connectivity index (χ2n) is 6.48. The standard InChI is InChI=1S/C18H24F2N2O3/c1-24-15-8-4-7-14(16(15)25-18(19)20)17(23)22-11-9-21(10-12-22)13-5-2-3-6-13/h4,7-8,13,18H,2-3,5-6,9-12H2,1H3. The molecule has 2 aliphatic rings. The number of carbonyl (C=O) groups is 1. The van der Waals surface area contributed by atoms with Crippen molar-refractivity contribution < 1.29 is 23.0 Å². The molecule has 0 aromatic heterocycles. The van der Waals surface area contributed by atoms with Crippen molar-refractivity contribution in [3.05, 3.63) is 23.8 Å². The van der Waals surface area contributed by atoms with Gasteiger partial charge in [-0.2, -0.15) is 8.78 Å². The zero-order valence-corrected chi connectivity index (χ0v) is 14.4. The number of hydrogen-bond donors (Lipinski definition) is 0. The van der Waals surface area contributed by atoms with Gasteiger partial charge < -0.3 is 14.4 Å². The summed E-state index contributed by atoms with van der Waals surface area (Å²) in [5.74, 6) is -0.348. The average molecular weight is 354 g/mol. The van der Waals surface area contributed by atoms with E-state index in [-0.39, 0.29) is 23.0 Å². The number of nitrogens with zero attached hydrogens (tertiary/aromatic N) is 2. The Morgan fingerprint density at radius 3 is 2.44 bits per heavy atom. The number of hydrogen-bond acceptors (Lipinski definition) is 4. The molecule has 0 unspecified atom stereocenters. The van der Waals surface area contributed by atoms with Crippen LogP contribution in [0.4, 0.5) is 8.78 Å². The Morgan fingerprint density at radius 2 is 1.84 bits per heavy atom. The molecule has 1 saturated heterocycles. The molecule has 1 aromatic rings. The van der Waals surface area contributed by atoms with E-state index >= 15 is 0 Å². The van der Waals surface area contributed by atoms with Crippen LogP contribution < -0.4 is 9.47 Å². The minimum Gasteiger partial charge on any atom is -0.493 e. The first kappa shape index (κ1) is 17.9. The van der Waals surface area contributed by atoms with Crippen LogP contribution >= 0.6 is 0 Å². The van der Waals surface area contributed by atoms with Crippen molar-refractivity contribution in [2.75, 3.05) is 33.3 Å². The summed E-state index contributed by atoms with van der Waals surface area (Å²) in [6, 6.07) is 5.25. The Morgan fingerprint density at radius 1 is 1.16 bits per heavy atom. The third-order valence-corrected chi connectivity index (χ3v) is 5.08. The van der Waals surface area contributed by atoms with Crippen LogP contribution in [-0.4, -0.2) is 61.6 Å². The van der Waals surface area contributed by atoms with E-state index in [4.69, 9.17) is 4.74 Å². The van der Waals surface area contributed by atoms with Crippen molar-refractivity contribution in [1.29, 1.82) is 0 Å². The fourth-order valence-corrected chi connectivity index (χ4v) is 3.79. The number of amides is 1. The average Bonchev–Trinajstić information content (AvgIpc) is 3.15. The van der Waals surface area contributed by atoms with E-state index in [0.717, 1.165) is 13.1 Å². The lowest BCUT2D eigenvalue weighted by Crippen LogP contribution is -2.51. The normalized spacial score (nSPS) is 19.4. The molecule has 0 bridgehead atoms. The van der Waals surface area contributed by atoms with Gasteiger partial charge in [0, 0.05) is 32.2 Å². The fraction of sp³-hybridized carbons (Fsp3) is 0.611. The first-order chi connectivity index (χ1) is 12.1. The van der Waals surface area contributed by atoms with Gasteiger partial charge >= 0.3 is 6.61 Å². The molecule has 2 fully saturated rings. The van der Waals surface area contributed by atoms with E-state index in [1.807, 2.05) is 0 Å². The highest BCUT2D eigenvalue weighted by Gasteiger charge is 2.30. The van der Waals surface area contributed by atoms with Crippen molar-refractivity contribution in [2.24, 2.45) is 0 Å². The topological polar surface area (TPSA) is 42.0 Å². The summed E-state index contributed by atoms with van der Waals surface area (Å²) < 4.78 is 35.1. The second kappa shape index (κ2) is 7.99. The molecule has 0 radical (unpaired) electrons. The van der Waals surface area contributed by atoms with Gasteiger partial charge in [0.1, 0.15) is 0 Å². The molecule has 0 N–H and O–H groups in total. The highest BCUT2D eigenvalue weighted by molar-refractivity contribution is 5.98. The third kappa shape index (κ3) is 4.03. The summed E-state index contributed by atoms with van der Waals surface area (Å²) in [6.07, 6.45) is 5.02. The van der Waals surface area contributed by atoms with Crippen molar-refractivity contribution >= 4 is 5.91 Å². The third-order valence-electron chi connectivity index (χ3n) is 5.08. The lowest BCUT2D eigenvalue weighted by Gasteiger charge is -2.38. The quantitative estimate of drug-likeness (QED) is 0.815. The lowest BCUT2D eigenvalue weighted by molar-refractivity contribution is -0.0517. The molecule has 1 aromatic carbocycles. The Hall–Kier alpha value is -1.89. The Labute approximate surface area is 146 Å². The Bertz CT molecular complexity index is 598. The molecule has 1 aliphatic carbocycles. The lowest BCUT2D eigenvalue weighted by atomic mass is 10.1. The van der Waals surface area contributed by atoms with E-state index < -0.39 is 6.61 Å². The second-order valence-corrected chi connectivity index (χ2v) is 6.48. The molecular weight excluding hydrogens is 330 g/mol. The molecule has 0 atom stereocenters. The van der Waals surface area contributed by atoms with Gasteiger partial charge in [-0.25, -0.2) is 0 Å². The fourth-order valence-electron chi connectivity index (χ4n) is 3.79. The molecule has 0 spiro atoms. The summed E-state index contributed by atoms with van der Waals surface area (Å²) >= 11 is 0. The molecule has 5 nitrogen and oxygen atoms in total. The Balaban J connectivity index is 1.71. The van der Waals surface area contributed by atoms with Crippen LogP contribution in [-0.2, 0) is 0 Å². The first-order valence-electron chi connectivity index (χ1n) is 8.75. The number of alkyl halides is 2. The summed E-state index contributed by atoms with van der Waals surface area (Å²) in [7, 11) is 1.36. The maximum atomic E-state index is 12.8. The summed E-state index contributed by atoms with van der Waals surface area (Å²) in [4.78, 5) is 17.0.